The Labute approximate surface area is 141 Å². The molecule has 0 aromatic rings. The zero-order chi connectivity index (χ0) is 16.2. The van der Waals surface area contributed by atoms with E-state index in [0.29, 0.717) is 24.0 Å². The molecule has 3 saturated heterocycles. The van der Waals surface area contributed by atoms with Gasteiger partial charge in [-0.25, -0.2) is 0 Å². The maximum Gasteiger partial charge on any atom is 0.220 e. The first-order valence-corrected chi connectivity index (χ1v) is 9.63. The molecule has 1 amide bonds. The minimum absolute atomic E-state index is 0.260. The van der Waals surface area contributed by atoms with Crippen molar-refractivity contribution in [3.8, 4) is 0 Å². The van der Waals surface area contributed by atoms with E-state index in [1.807, 2.05) is 0 Å². The normalized spacial score (nSPS) is 33.6. The van der Waals surface area contributed by atoms with Gasteiger partial charge in [-0.1, -0.05) is 6.92 Å². The number of nitrogens with one attached hydrogen (secondary N) is 2. The van der Waals surface area contributed by atoms with Crippen molar-refractivity contribution in [2.24, 2.45) is 5.92 Å². The number of rotatable bonds is 6. The summed E-state index contributed by atoms with van der Waals surface area (Å²) in [6.07, 6.45) is 5.73. The van der Waals surface area contributed by atoms with Crippen LogP contribution in [0.1, 0.15) is 46.0 Å². The molecule has 3 rings (SSSR count). The van der Waals surface area contributed by atoms with E-state index in [-0.39, 0.29) is 5.91 Å². The number of piperazine rings is 1. The zero-order valence-electron chi connectivity index (χ0n) is 14.9. The summed E-state index contributed by atoms with van der Waals surface area (Å²) in [7, 11) is 0. The lowest BCUT2D eigenvalue weighted by atomic mass is 9.89. The lowest BCUT2D eigenvalue weighted by Crippen LogP contribution is -2.52. The highest BCUT2D eigenvalue weighted by molar-refractivity contribution is 5.76. The Morgan fingerprint density at radius 2 is 1.83 bits per heavy atom. The van der Waals surface area contributed by atoms with Crippen molar-refractivity contribution in [1.82, 2.24) is 20.4 Å². The molecule has 0 radical (unpaired) electrons. The smallest absolute Gasteiger partial charge is 0.220 e. The Morgan fingerprint density at radius 3 is 2.43 bits per heavy atom. The molecule has 0 spiro atoms. The van der Waals surface area contributed by atoms with Gasteiger partial charge in [0.25, 0.3) is 0 Å². The fraction of sp³-hybridized carbons (Fsp3) is 0.944. The van der Waals surface area contributed by atoms with Crippen LogP contribution in [0.4, 0.5) is 0 Å². The number of carbonyl (C=O) groups is 1. The Hall–Kier alpha value is -0.650. The van der Waals surface area contributed by atoms with Crippen molar-refractivity contribution in [1.29, 1.82) is 0 Å². The van der Waals surface area contributed by atoms with Crippen LogP contribution in [0.2, 0.25) is 0 Å². The molecule has 0 aromatic carbocycles. The molecule has 3 unspecified atom stereocenters. The molecule has 5 nitrogen and oxygen atoms in total. The van der Waals surface area contributed by atoms with E-state index in [2.05, 4.69) is 34.3 Å². The standard InChI is InChI=1S/C18H34N4O/c1-3-21-6-8-22(9-7-21)14(2)13-19-18(23)12-15-10-16-4-5-17(11-15)20-16/h14-17,20H,3-13H2,1-2H3,(H,19,23). The number of carbonyl (C=O) groups excluding carboxylic acids is 1. The summed E-state index contributed by atoms with van der Waals surface area (Å²) in [5.74, 6) is 0.854. The van der Waals surface area contributed by atoms with Crippen molar-refractivity contribution >= 4 is 5.91 Å². The van der Waals surface area contributed by atoms with Gasteiger partial charge < -0.3 is 15.5 Å². The van der Waals surface area contributed by atoms with E-state index >= 15 is 0 Å². The highest BCUT2D eigenvalue weighted by Gasteiger charge is 2.34. The van der Waals surface area contributed by atoms with Gasteiger partial charge in [0.2, 0.25) is 5.91 Å². The quantitative estimate of drug-likeness (QED) is 0.767. The first-order chi connectivity index (χ1) is 11.1. The van der Waals surface area contributed by atoms with Crippen LogP contribution in [-0.2, 0) is 4.79 Å². The third kappa shape index (κ3) is 4.68. The first kappa shape index (κ1) is 17.2. The van der Waals surface area contributed by atoms with Gasteiger partial charge in [-0.3, -0.25) is 9.69 Å². The summed E-state index contributed by atoms with van der Waals surface area (Å²) >= 11 is 0. The fourth-order valence-corrected chi connectivity index (χ4v) is 4.59. The molecule has 3 atom stereocenters. The van der Waals surface area contributed by atoms with Gasteiger partial charge in [-0.15, -0.1) is 0 Å². The van der Waals surface area contributed by atoms with Crippen molar-refractivity contribution in [3.05, 3.63) is 0 Å². The van der Waals surface area contributed by atoms with Gasteiger partial charge >= 0.3 is 0 Å². The average molecular weight is 322 g/mol. The van der Waals surface area contributed by atoms with Gasteiger partial charge in [-0.2, -0.15) is 0 Å². The summed E-state index contributed by atoms with van der Waals surface area (Å²) in [5.41, 5.74) is 0. The predicted octanol–water partition coefficient (Wildman–Crippen LogP) is 1.05. The molecule has 3 aliphatic rings. The second kappa shape index (κ2) is 7.95. The van der Waals surface area contributed by atoms with E-state index < -0.39 is 0 Å². The molecule has 3 fully saturated rings. The van der Waals surface area contributed by atoms with Crippen LogP contribution < -0.4 is 10.6 Å². The number of hydrogen-bond acceptors (Lipinski definition) is 4. The molecular weight excluding hydrogens is 288 g/mol. The molecule has 5 heteroatoms. The van der Waals surface area contributed by atoms with Crippen LogP contribution in [0, 0.1) is 5.92 Å². The number of likely N-dealkylation sites (N-methyl/N-ethyl adjacent to an activating group) is 1. The second-order valence-corrected chi connectivity index (χ2v) is 7.80. The van der Waals surface area contributed by atoms with E-state index in [4.69, 9.17) is 0 Å². The number of nitrogens with zero attached hydrogens (tertiary/aromatic N) is 2. The number of hydrogen-bond donors (Lipinski definition) is 2. The van der Waals surface area contributed by atoms with E-state index in [0.717, 1.165) is 45.7 Å². The molecule has 2 N–H and O–H groups in total. The zero-order valence-corrected chi connectivity index (χ0v) is 14.9. The van der Waals surface area contributed by atoms with Gasteiger partial charge in [-0.05, 0) is 45.1 Å². The Morgan fingerprint density at radius 1 is 1.17 bits per heavy atom. The minimum atomic E-state index is 0.260. The number of piperidine rings is 1. The lowest BCUT2D eigenvalue weighted by molar-refractivity contribution is -0.122. The average Bonchev–Trinajstić information content (AvgIpc) is 2.91. The summed E-state index contributed by atoms with van der Waals surface area (Å²) in [4.78, 5) is 17.3. The van der Waals surface area contributed by atoms with Gasteiger partial charge in [0.05, 0.1) is 0 Å². The first-order valence-electron chi connectivity index (χ1n) is 9.63. The fourth-order valence-electron chi connectivity index (χ4n) is 4.59. The topological polar surface area (TPSA) is 47.6 Å². The summed E-state index contributed by atoms with van der Waals surface area (Å²) in [6, 6.07) is 1.81. The highest BCUT2D eigenvalue weighted by Crippen LogP contribution is 2.32. The van der Waals surface area contributed by atoms with Crippen LogP contribution in [0.15, 0.2) is 0 Å². The maximum absolute atomic E-state index is 12.3. The molecular formula is C18H34N4O. The Kier molecular flexibility index (Phi) is 5.94. The summed E-state index contributed by atoms with van der Waals surface area (Å²) in [5, 5.41) is 6.84. The molecule has 0 aliphatic carbocycles. The van der Waals surface area contributed by atoms with Crippen molar-refractivity contribution in [2.45, 2.75) is 64.1 Å². The second-order valence-electron chi connectivity index (χ2n) is 7.80. The highest BCUT2D eigenvalue weighted by atomic mass is 16.1. The number of fused-ring (bicyclic) bond motifs is 2. The molecule has 23 heavy (non-hydrogen) atoms. The van der Waals surface area contributed by atoms with Crippen LogP contribution in [0.3, 0.4) is 0 Å². The van der Waals surface area contributed by atoms with Crippen LogP contribution in [0.25, 0.3) is 0 Å². The molecule has 0 aromatic heterocycles. The van der Waals surface area contributed by atoms with E-state index in [1.54, 1.807) is 0 Å². The molecule has 3 heterocycles. The van der Waals surface area contributed by atoms with E-state index in [1.165, 1.54) is 25.7 Å². The largest absolute Gasteiger partial charge is 0.355 e. The van der Waals surface area contributed by atoms with Crippen molar-refractivity contribution in [2.75, 3.05) is 39.3 Å². The van der Waals surface area contributed by atoms with Gasteiger partial charge in [0.1, 0.15) is 0 Å². The third-order valence-electron chi connectivity index (χ3n) is 6.12. The maximum atomic E-state index is 12.3. The summed E-state index contributed by atoms with van der Waals surface area (Å²) < 4.78 is 0. The number of amides is 1. The minimum Gasteiger partial charge on any atom is -0.355 e. The molecule has 3 aliphatic heterocycles. The Bertz CT molecular complexity index is 382. The van der Waals surface area contributed by atoms with Crippen molar-refractivity contribution in [3.63, 3.8) is 0 Å². The molecule has 132 valence electrons. The van der Waals surface area contributed by atoms with E-state index in [9.17, 15) is 4.79 Å². The monoisotopic (exact) mass is 322 g/mol. The SMILES string of the molecule is CCN1CCN(C(C)CNC(=O)CC2CC3CCC(C2)N3)CC1. The van der Waals surface area contributed by atoms with Crippen molar-refractivity contribution < 1.29 is 4.79 Å². The molecule has 0 saturated carbocycles. The molecule has 2 bridgehead atoms. The Balaban J connectivity index is 1.34. The summed E-state index contributed by atoms with van der Waals surface area (Å²) in [6.45, 7) is 11.0. The van der Waals surface area contributed by atoms with Crippen LogP contribution >= 0.6 is 0 Å². The van der Waals surface area contributed by atoms with Gasteiger partial charge in [0, 0.05) is 57.3 Å². The van der Waals surface area contributed by atoms with Gasteiger partial charge in [0.15, 0.2) is 0 Å². The predicted molar refractivity (Wildman–Crippen MR) is 93.4 cm³/mol. The third-order valence-corrected chi connectivity index (χ3v) is 6.12. The van der Waals surface area contributed by atoms with Crippen LogP contribution in [0.5, 0.6) is 0 Å². The van der Waals surface area contributed by atoms with Crippen LogP contribution in [-0.4, -0.2) is 73.1 Å². The lowest BCUT2D eigenvalue weighted by Gasteiger charge is -2.37.